The smallest absolute Gasteiger partial charge is 0.233 e. The number of ether oxygens (including phenoxy) is 1. The van der Waals surface area contributed by atoms with Gasteiger partial charge in [0.1, 0.15) is 5.82 Å². The number of nitrogens with zero attached hydrogens (tertiary/aromatic N) is 2. The Morgan fingerprint density at radius 3 is 2.63 bits per heavy atom. The summed E-state index contributed by atoms with van der Waals surface area (Å²) in [4.78, 5) is 0. The predicted octanol–water partition coefficient (Wildman–Crippen LogP) is 2.59. The van der Waals surface area contributed by atoms with Gasteiger partial charge in [0.2, 0.25) is 5.88 Å². The lowest BCUT2D eigenvalue weighted by Crippen LogP contribution is -2.20. The molecule has 0 radical (unpaired) electrons. The van der Waals surface area contributed by atoms with Crippen molar-refractivity contribution in [1.82, 2.24) is 15.5 Å². The van der Waals surface area contributed by atoms with Crippen molar-refractivity contribution in [3.63, 3.8) is 0 Å². The first-order valence-corrected chi connectivity index (χ1v) is 6.03. The van der Waals surface area contributed by atoms with E-state index in [1.54, 1.807) is 19.2 Å². The van der Waals surface area contributed by atoms with Gasteiger partial charge in [-0.3, -0.25) is 0 Å². The first-order valence-electron chi connectivity index (χ1n) is 5.65. The van der Waals surface area contributed by atoms with Gasteiger partial charge in [0.25, 0.3) is 0 Å². The molecule has 6 heteroatoms. The number of methoxy groups -OCH3 is 1. The third-order valence-electron chi connectivity index (χ3n) is 2.72. The Labute approximate surface area is 115 Å². The fraction of sp³-hybridized carbons (Fsp3) is 0.231. The van der Waals surface area contributed by atoms with Crippen molar-refractivity contribution in [1.29, 1.82) is 0 Å². The lowest BCUT2D eigenvalue weighted by molar-refractivity contribution is 0.390. The third-order valence-corrected chi connectivity index (χ3v) is 3.07. The van der Waals surface area contributed by atoms with Gasteiger partial charge < -0.3 is 10.1 Å². The molecule has 0 spiro atoms. The molecule has 19 heavy (non-hydrogen) atoms. The standard InChI is InChI=1S/C13H13ClFN3O/c1-16-13(9-7-8(15)3-4-10(9)14)11-5-6-12(19-2)18-17-11/h3-7,13,16H,1-2H3. The Bertz CT molecular complexity index is 562. The second-order valence-corrected chi connectivity index (χ2v) is 4.30. The summed E-state index contributed by atoms with van der Waals surface area (Å²) in [5.41, 5.74) is 1.25. The number of rotatable bonds is 4. The van der Waals surface area contributed by atoms with Crippen LogP contribution in [0.5, 0.6) is 5.88 Å². The van der Waals surface area contributed by atoms with Crippen LogP contribution in [0.2, 0.25) is 5.02 Å². The van der Waals surface area contributed by atoms with Crippen molar-refractivity contribution in [3.8, 4) is 5.88 Å². The molecular formula is C13H13ClFN3O. The molecule has 1 heterocycles. The molecule has 1 unspecified atom stereocenters. The summed E-state index contributed by atoms with van der Waals surface area (Å²) in [5.74, 6) is 0.0741. The monoisotopic (exact) mass is 281 g/mol. The van der Waals surface area contributed by atoms with E-state index in [1.807, 2.05) is 0 Å². The quantitative estimate of drug-likeness (QED) is 0.936. The van der Waals surface area contributed by atoms with Crippen molar-refractivity contribution in [2.75, 3.05) is 14.2 Å². The van der Waals surface area contributed by atoms with E-state index in [0.717, 1.165) is 0 Å². The van der Waals surface area contributed by atoms with E-state index in [9.17, 15) is 4.39 Å². The molecule has 2 aromatic rings. The molecule has 0 aliphatic carbocycles. The van der Waals surface area contributed by atoms with E-state index < -0.39 is 0 Å². The van der Waals surface area contributed by atoms with Gasteiger partial charge in [0, 0.05) is 11.1 Å². The second-order valence-electron chi connectivity index (χ2n) is 3.89. The van der Waals surface area contributed by atoms with Crippen molar-refractivity contribution < 1.29 is 9.13 Å². The number of hydrogen-bond acceptors (Lipinski definition) is 4. The molecule has 100 valence electrons. The number of benzene rings is 1. The predicted molar refractivity (Wildman–Crippen MR) is 70.9 cm³/mol. The van der Waals surface area contributed by atoms with E-state index in [2.05, 4.69) is 15.5 Å². The van der Waals surface area contributed by atoms with Gasteiger partial charge in [-0.1, -0.05) is 11.6 Å². The lowest BCUT2D eigenvalue weighted by Gasteiger charge is -2.17. The van der Waals surface area contributed by atoms with E-state index in [-0.39, 0.29) is 11.9 Å². The Morgan fingerprint density at radius 2 is 2.05 bits per heavy atom. The zero-order chi connectivity index (χ0) is 13.8. The van der Waals surface area contributed by atoms with Crippen LogP contribution in [0, 0.1) is 5.82 Å². The number of nitrogens with one attached hydrogen (secondary N) is 1. The highest BCUT2D eigenvalue weighted by Gasteiger charge is 2.18. The van der Waals surface area contributed by atoms with Crippen molar-refractivity contribution in [3.05, 3.63) is 52.4 Å². The zero-order valence-corrected chi connectivity index (χ0v) is 11.3. The van der Waals surface area contributed by atoms with Crippen LogP contribution in [0.3, 0.4) is 0 Å². The summed E-state index contributed by atoms with van der Waals surface area (Å²) in [5, 5.41) is 11.5. The number of halogens is 2. The average molecular weight is 282 g/mol. The van der Waals surface area contributed by atoms with Crippen LogP contribution in [-0.2, 0) is 0 Å². The van der Waals surface area contributed by atoms with Gasteiger partial charge in [-0.05, 0) is 36.9 Å². The van der Waals surface area contributed by atoms with Crippen LogP contribution in [-0.4, -0.2) is 24.4 Å². The molecule has 0 fully saturated rings. The summed E-state index contributed by atoms with van der Waals surface area (Å²) < 4.78 is 18.3. The first kappa shape index (κ1) is 13.7. The highest BCUT2D eigenvalue weighted by Crippen LogP contribution is 2.27. The average Bonchev–Trinajstić information content (AvgIpc) is 2.44. The Kier molecular flexibility index (Phi) is 4.29. The molecular weight excluding hydrogens is 269 g/mol. The van der Waals surface area contributed by atoms with Crippen LogP contribution < -0.4 is 10.1 Å². The molecule has 1 atom stereocenters. The van der Waals surface area contributed by atoms with Gasteiger partial charge in [-0.2, -0.15) is 0 Å². The maximum absolute atomic E-state index is 13.3. The van der Waals surface area contributed by atoms with Crippen molar-refractivity contribution in [2.24, 2.45) is 0 Å². The summed E-state index contributed by atoms with van der Waals surface area (Å²) in [6, 6.07) is 7.34. The van der Waals surface area contributed by atoms with Crippen LogP contribution in [0.15, 0.2) is 30.3 Å². The van der Waals surface area contributed by atoms with E-state index in [1.165, 1.54) is 25.3 Å². The van der Waals surface area contributed by atoms with Crippen LogP contribution in [0.4, 0.5) is 4.39 Å². The highest BCUT2D eigenvalue weighted by atomic mass is 35.5. The minimum absolute atomic E-state index is 0.332. The van der Waals surface area contributed by atoms with Gasteiger partial charge in [0.15, 0.2) is 0 Å². The normalized spacial score (nSPS) is 12.2. The fourth-order valence-corrected chi connectivity index (χ4v) is 2.02. The number of hydrogen-bond donors (Lipinski definition) is 1. The first-order chi connectivity index (χ1) is 9.15. The van der Waals surface area contributed by atoms with E-state index in [4.69, 9.17) is 16.3 Å². The SMILES string of the molecule is CNC(c1ccc(OC)nn1)c1cc(F)ccc1Cl. The van der Waals surface area contributed by atoms with E-state index >= 15 is 0 Å². The fourth-order valence-electron chi connectivity index (χ4n) is 1.79. The Hall–Kier alpha value is -1.72. The van der Waals surface area contributed by atoms with Gasteiger partial charge in [-0.15, -0.1) is 10.2 Å². The lowest BCUT2D eigenvalue weighted by atomic mass is 10.0. The maximum Gasteiger partial charge on any atom is 0.233 e. The molecule has 0 amide bonds. The Morgan fingerprint density at radius 1 is 1.26 bits per heavy atom. The molecule has 1 aromatic heterocycles. The largest absolute Gasteiger partial charge is 0.480 e. The Balaban J connectivity index is 2.40. The van der Waals surface area contributed by atoms with Crippen molar-refractivity contribution in [2.45, 2.75) is 6.04 Å². The van der Waals surface area contributed by atoms with Gasteiger partial charge in [-0.25, -0.2) is 4.39 Å². The van der Waals surface area contributed by atoms with Gasteiger partial charge >= 0.3 is 0 Å². The number of aromatic nitrogens is 2. The molecule has 0 saturated carbocycles. The minimum Gasteiger partial charge on any atom is -0.480 e. The van der Waals surface area contributed by atoms with Crippen LogP contribution in [0.25, 0.3) is 0 Å². The molecule has 0 bridgehead atoms. The molecule has 1 N–H and O–H groups in total. The molecule has 4 nitrogen and oxygen atoms in total. The summed E-state index contributed by atoms with van der Waals surface area (Å²) in [7, 11) is 3.26. The summed E-state index contributed by atoms with van der Waals surface area (Å²) in [6.07, 6.45) is 0. The molecule has 0 aliphatic heterocycles. The second kappa shape index (κ2) is 5.95. The molecule has 2 rings (SSSR count). The molecule has 0 saturated heterocycles. The maximum atomic E-state index is 13.3. The third kappa shape index (κ3) is 3.00. The topological polar surface area (TPSA) is 47.0 Å². The highest BCUT2D eigenvalue weighted by molar-refractivity contribution is 6.31. The van der Waals surface area contributed by atoms with Crippen LogP contribution in [0.1, 0.15) is 17.3 Å². The zero-order valence-electron chi connectivity index (χ0n) is 10.5. The van der Waals surface area contributed by atoms with Crippen molar-refractivity contribution >= 4 is 11.6 Å². The van der Waals surface area contributed by atoms with Gasteiger partial charge in [0.05, 0.1) is 18.8 Å². The molecule has 1 aromatic carbocycles. The minimum atomic E-state index is -0.346. The molecule has 0 aliphatic rings. The van der Waals surface area contributed by atoms with Crippen LogP contribution >= 0.6 is 11.6 Å². The van der Waals surface area contributed by atoms with E-state index in [0.29, 0.717) is 22.2 Å². The summed E-state index contributed by atoms with van der Waals surface area (Å²) in [6.45, 7) is 0. The summed E-state index contributed by atoms with van der Waals surface area (Å²) >= 11 is 6.10.